The molecule has 0 fully saturated rings. The number of benzene rings is 2. The number of hydrogen-bond donors (Lipinski definition) is 14. The minimum atomic E-state index is -3.00. The van der Waals surface area contributed by atoms with Crippen molar-refractivity contribution in [2.75, 3.05) is 14.2 Å². The van der Waals surface area contributed by atoms with Gasteiger partial charge in [0.1, 0.15) is 0 Å². The van der Waals surface area contributed by atoms with Crippen molar-refractivity contribution in [1.29, 1.82) is 0 Å². The zero-order valence-electron chi connectivity index (χ0n) is 71.8. The van der Waals surface area contributed by atoms with Crippen LogP contribution in [0.3, 0.4) is 0 Å². The Balaban J connectivity index is -0.000000570. The first kappa shape index (κ1) is 108. The molecule has 0 saturated carbocycles. The Morgan fingerprint density at radius 3 is 0.775 bits per heavy atom. The third-order valence-electron chi connectivity index (χ3n) is 20.3. The molecule has 2 aromatic carbocycles. The first-order chi connectivity index (χ1) is 43.7. The average molecular weight is 1660 g/mol. The van der Waals surface area contributed by atoms with Gasteiger partial charge in [0.25, 0.3) is 0 Å². The monoisotopic (exact) mass is 1660 g/mol. The van der Waals surface area contributed by atoms with Crippen LogP contribution in [0, 0.1) is 0 Å². The predicted octanol–water partition coefficient (Wildman–Crippen LogP) is 13.1. The number of rotatable bonds is 29. The molecule has 608 valence electrons. The summed E-state index contributed by atoms with van der Waals surface area (Å²) in [5, 5.41) is 17.5. The van der Waals surface area contributed by atoms with Gasteiger partial charge in [-0.05, 0) is 206 Å². The largest absolute Gasteiger partial charge is 0.432 e. The smallest absolute Gasteiger partial charge is 0.331 e. The highest BCUT2D eigenvalue weighted by molar-refractivity contribution is 6.76. The van der Waals surface area contributed by atoms with Gasteiger partial charge >= 0.3 is 51.4 Å². The second-order valence-corrected chi connectivity index (χ2v) is 81.5. The van der Waals surface area contributed by atoms with Crippen LogP contribution in [-0.4, -0.2) is 212 Å². The molecule has 5 atom stereocenters. The van der Waals surface area contributed by atoms with Crippen molar-refractivity contribution < 1.29 is 109 Å². The van der Waals surface area contributed by atoms with Crippen LogP contribution in [0.15, 0.2) is 60.7 Å². The SMILES string of the molecule is CC(C)(C(O)(O[Si](C)(C)O)c1ccccc1)[Si](C)(C)O.CC(C)(O[Si](C)(C)O)[Si](C)(C)O.CC(C)OC(C)(O[Si](C)(C)O)C(C)(C)[Si](C)(C)O.CC(O)(O[Si](C)(C)O)C(C)(C)[Si](C)(C)O.COC(C)(O[Si](C)(C)O)C(C)(C)[Si](C)(C)O.COC(O[Si](C)(C)O)(c1ccccc1)C(C)(C)[Si](C)(C)O. The summed E-state index contributed by atoms with van der Waals surface area (Å²) in [7, 11) is -29.0. The highest BCUT2D eigenvalue weighted by atomic mass is 28.4. The van der Waals surface area contributed by atoms with Gasteiger partial charge in [0.15, 0.2) is 70.5 Å². The van der Waals surface area contributed by atoms with Crippen molar-refractivity contribution >= 4 is 101 Å². The summed E-state index contributed by atoms with van der Waals surface area (Å²) in [6.07, 6.45) is -0.0398. The van der Waals surface area contributed by atoms with Crippen LogP contribution >= 0.6 is 0 Å². The molecule has 0 aliphatic heterocycles. The molecule has 2 aromatic rings. The molecule has 5 unspecified atom stereocenters. The van der Waals surface area contributed by atoms with Crippen LogP contribution in [0.2, 0.25) is 182 Å². The molecule has 0 spiro atoms. The molecular weight excluding hydrogens is 1510 g/mol. The molecule has 0 radical (unpaired) electrons. The van der Waals surface area contributed by atoms with E-state index in [4.69, 9.17) is 40.8 Å². The fourth-order valence-corrected chi connectivity index (χ4v) is 24.9. The number of hydrogen-bond acceptors (Lipinski definition) is 23. The summed E-state index contributed by atoms with van der Waals surface area (Å²) in [6, 6.07) is 18.5. The molecule has 0 saturated heterocycles. The van der Waals surface area contributed by atoms with E-state index in [2.05, 4.69) is 0 Å². The van der Waals surface area contributed by atoms with Crippen molar-refractivity contribution in [3.63, 3.8) is 0 Å². The lowest BCUT2D eigenvalue weighted by molar-refractivity contribution is -0.226. The molecular formula is C67H154O23Si12. The summed E-state index contributed by atoms with van der Waals surface area (Å²) in [5.41, 5.74) is 1.36. The molecule has 0 bridgehead atoms. The zero-order valence-corrected chi connectivity index (χ0v) is 83.8. The summed E-state index contributed by atoms with van der Waals surface area (Å²) in [5.74, 6) is -6.37. The molecule has 2 rings (SSSR count). The Kier molecular flexibility index (Phi) is 39.1. The van der Waals surface area contributed by atoms with Crippen LogP contribution in [-0.2, 0) is 52.3 Å². The molecule has 0 heterocycles. The lowest BCUT2D eigenvalue weighted by Crippen LogP contribution is -2.59. The fraction of sp³-hybridized carbons (Fsp3) is 0.821. The van der Waals surface area contributed by atoms with Crippen LogP contribution in [0.25, 0.3) is 0 Å². The molecule has 14 N–H and O–H groups in total. The van der Waals surface area contributed by atoms with Crippen LogP contribution in [0.5, 0.6) is 0 Å². The first-order valence-electron chi connectivity index (χ1n) is 35.0. The average Bonchev–Trinajstić information content (AvgIpc) is 0.745. The summed E-state index contributed by atoms with van der Waals surface area (Å²) in [4.78, 5) is 122. The third-order valence-corrected chi connectivity index (χ3v) is 46.2. The van der Waals surface area contributed by atoms with E-state index < -0.39 is 161 Å². The number of aliphatic hydroxyl groups is 2. The maximum Gasteiger partial charge on any atom is 0.331 e. The summed E-state index contributed by atoms with van der Waals surface area (Å²) >= 11 is 0. The molecule has 0 aliphatic carbocycles. The Morgan fingerprint density at radius 2 is 0.549 bits per heavy atom. The van der Waals surface area contributed by atoms with E-state index in [1.54, 1.807) is 178 Å². The summed E-state index contributed by atoms with van der Waals surface area (Å²) < 4.78 is 51.4. The zero-order chi connectivity index (χ0) is 83.7. The maximum atomic E-state index is 11.2. The second kappa shape index (κ2) is 36.7. The van der Waals surface area contributed by atoms with Crippen LogP contribution < -0.4 is 0 Å². The standard InChI is InChI=1S/C15H28O4Si2.C14H26O4Si2.C12H30O4Si2.C10H26O4Si2.C9H24O4Si2.C7H20O3Si2/c1-14(2,20(4,5)16)15(18-3,19-21(6,7)17)13-11-9-8-10-12-13;1-13(2,19(3,4)16)14(15,18-20(5,6)17)12-10-8-7-9-11-12;1-10(2)15-12(5,16-18(8,9)14)11(3,4)17(6,7)13;1-9(2,15(5,6)11)10(3,13-4)14-16(7,8)12;1-8(2,14(4,5)11)9(3,10)13-15(6,7)12;1-7(2,11(3,4)8)10-12(5,6)9/h8-12,16-17H,1-7H3;7-11,15-17H,1-6H3;10,13-14H,1-9H3;11-12H,1-8H3;10-12H,1-7H3;8-9H,1-6H3. The molecule has 35 heteroatoms. The van der Waals surface area contributed by atoms with E-state index in [-0.39, 0.29) is 6.10 Å². The number of methoxy groups -OCH3 is 2. The van der Waals surface area contributed by atoms with E-state index in [0.29, 0.717) is 5.56 Å². The Morgan fingerprint density at radius 1 is 0.284 bits per heavy atom. The topological polar surface area (TPSA) is 366 Å². The minimum absolute atomic E-state index is 0.0398. The molecule has 23 nitrogen and oxygen atoms in total. The van der Waals surface area contributed by atoms with Crippen LogP contribution in [0.4, 0.5) is 0 Å². The van der Waals surface area contributed by atoms with Gasteiger partial charge in [0, 0.05) is 50.5 Å². The molecule has 0 aromatic heterocycles. The highest BCUT2D eigenvalue weighted by Crippen LogP contribution is 2.57. The van der Waals surface area contributed by atoms with Crippen molar-refractivity contribution in [3.8, 4) is 0 Å². The Bertz CT molecular complexity index is 2760. The van der Waals surface area contributed by atoms with Crippen molar-refractivity contribution in [2.24, 2.45) is 0 Å². The summed E-state index contributed by atoms with van der Waals surface area (Å²) in [6.45, 7) is 73.1. The van der Waals surface area contributed by atoms with Crippen molar-refractivity contribution in [3.05, 3.63) is 71.8 Å². The van der Waals surface area contributed by atoms with E-state index in [1.807, 2.05) is 165 Å². The van der Waals surface area contributed by atoms with Gasteiger partial charge < -0.3 is 109 Å². The third kappa shape index (κ3) is 32.4. The minimum Gasteiger partial charge on any atom is -0.432 e. The normalized spacial score (nSPS) is 17.3. The Hall–Kier alpha value is 0.123. The van der Waals surface area contributed by atoms with Gasteiger partial charge in [-0.15, -0.1) is 0 Å². The van der Waals surface area contributed by atoms with Crippen LogP contribution in [0.1, 0.15) is 129 Å². The van der Waals surface area contributed by atoms with E-state index in [1.165, 1.54) is 6.92 Å². The lowest BCUT2D eigenvalue weighted by atomic mass is 9.93. The lowest BCUT2D eigenvalue weighted by Gasteiger charge is -2.52. The van der Waals surface area contributed by atoms with E-state index >= 15 is 0 Å². The van der Waals surface area contributed by atoms with Gasteiger partial charge in [-0.1, -0.05) is 130 Å². The van der Waals surface area contributed by atoms with E-state index in [0.717, 1.165) is 5.56 Å². The van der Waals surface area contributed by atoms with Gasteiger partial charge in [-0.3, -0.25) is 0 Å². The molecule has 102 heavy (non-hydrogen) atoms. The molecule has 0 aliphatic rings. The fourth-order valence-electron chi connectivity index (χ4n) is 9.53. The van der Waals surface area contributed by atoms with E-state index in [9.17, 15) is 67.8 Å². The quantitative estimate of drug-likeness (QED) is 0.0266. The van der Waals surface area contributed by atoms with Gasteiger partial charge in [0.05, 0.1) is 11.3 Å². The highest BCUT2D eigenvalue weighted by Gasteiger charge is 2.62. The van der Waals surface area contributed by atoms with Gasteiger partial charge in [-0.2, -0.15) is 0 Å². The van der Waals surface area contributed by atoms with Gasteiger partial charge in [0.2, 0.25) is 8.32 Å². The maximum absolute atomic E-state index is 11.2. The second-order valence-electron chi connectivity index (χ2n) is 36.7. The number of ether oxygens (including phenoxy) is 3. The molecule has 0 amide bonds. The van der Waals surface area contributed by atoms with Crippen molar-refractivity contribution in [1.82, 2.24) is 0 Å². The predicted molar refractivity (Wildman–Crippen MR) is 443 cm³/mol. The Labute approximate surface area is 632 Å². The van der Waals surface area contributed by atoms with Gasteiger partial charge in [-0.25, -0.2) is 0 Å². The van der Waals surface area contributed by atoms with Crippen molar-refractivity contribution in [2.45, 2.75) is 340 Å². The first-order valence-corrected chi connectivity index (χ1v) is 69.8.